The third-order valence-electron chi connectivity index (χ3n) is 7.77. The number of fused-ring (bicyclic) bond motifs is 1. The van der Waals surface area contributed by atoms with E-state index >= 15 is 0 Å². The first-order valence-corrected chi connectivity index (χ1v) is 13.3. The third-order valence-corrected chi connectivity index (χ3v) is 7.77. The van der Waals surface area contributed by atoms with Gasteiger partial charge in [0.05, 0.1) is 48.2 Å². The van der Waals surface area contributed by atoms with E-state index in [1.54, 1.807) is 0 Å². The first-order valence-electron chi connectivity index (χ1n) is 13.3. The topological polar surface area (TPSA) is 54.9 Å². The highest BCUT2D eigenvalue weighted by molar-refractivity contribution is 6.06. The van der Waals surface area contributed by atoms with Crippen LogP contribution in [0, 0.1) is 0 Å². The summed E-state index contributed by atoms with van der Waals surface area (Å²) >= 11 is 0. The molecule has 220 valence electrons. The molecule has 0 radical (unpaired) electrons. The quantitative estimate of drug-likeness (QED) is 0.271. The van der Waals surface area contributed by atoms with Crippen LogP contribution in [0.4, 0.5) is 26.3 Å². The Morgan fingerprint density at radius 2 is 1.61 bits per heavy atom. The molecule has 2 aliphatic heterocycles. The number of methoxy groups -OCH3 is 1. The van der Waals surface area contributed by atoms with E-state index in [4.69, 9.17) is 9.47 Å². The van der Waals surface area contributed by atoms with Crippen molar-refractivity contribution in [1.82, 2.24) is 14.8 Å². The van der Waals surface area contributed by atoms with Crippen molar-refractivity contribution in [3.63, 3.8) is 0 Å². The van der Waals surface area contributed by atoms with Crippen molar-refractivity contribution < 1.29 is 40.6 Å². The molecule has 0 unspecified atom stereocenters. The predicted octanol–water partition coefficient (Wildman–Crippen LogP) is 6.02. The predicted molar refractivity (Wildman–Crippen MR) is 139 cm³/mol. The van der Waals surface area contributed by atoms with E-state index in [0.29, 0.717) is 32.3 Å². The number of rotatable bonds is 5. The SMILES string of the molecule is COC(=O)c1c(CN2CCC(N3CCOCC3)CC2)c(-c2cccc(C(F)(F)F)c2)nc2ccc(C(F)(F)F)cc12. The maximum absolute atomic E-state index is 13.6. The van der Waals surface area contributed by atoms with Gasteiger partial charge in [-0.15, -0.1) is 0 Å². The smallest absolute Gasteiger partial charge is 0.416 e. The molecule has 2 saturated heterocycles. The summed E-state index contributed by atoms with van der Waals surface area (Å²) in [4.78, 5) is 22.1. The summed E-state index contributed by atoms with van der Waals surface area (Å²) in [6.07, 6.45) is -7.65. The number of piperidine rings is 1. The minimum absolute atomic E-state index is 0.0422. The van der Waals surface area contributed by atoms with E-state index in [1.165, 1.54) is 12.1 Å². The van der Waals surface area contributed by atoms with Crippen LogP contribution < -0.4 is 0 Å². The Morgan fingerprint density at radius 3 is 2.24 bits per heavy atom. The number of alkyl halides is 6. The molecule has 0 bridgehead atoms. The van der Waals surface area contributed by atoms with Crippen molar-refractivity contribution in [1.29, 1.82) is 0 Å². The van der Waals surface area contributed by atoms with E-state index < -0.39 is 29.4 Å². The Bertz CT molecular complexity index is 1410. The number of esters is 1. The van der Waals surface area contributed by atoms with E-state index in [-0.39, 0.29) is 39.8 Å². The largest absolute Gasteiger partial charge is 0.465 e. The lowest BCUT2D eigenvalue weighted by Crippen LogP contribution is -2.48. The summed E-state index contributed by atoms with van der Waals surface area (Å²) in [5, 5.41) is -0.0689. The van der Waals surface area contributed by atoms with Crippen molar-refractivity contribution in [3.8, 4) is 11.3 Å². The summed E-state index contributed by atoms with van der Waals surface area (Å²) < 4.78 is 92.1. The fraction of sp³-hybridized carbons (Fsp3) is 0.448. The number of hydrogen-bond acceptors (Lipinski definition) is 6. The molecule has 2 aliphatic rings. The summed E-state index contributed by atoms with van der Waals surface area (Å²) in [6.45, 7) is 4.39. The number of halogens is 6. The van der Waals surface area contributed by atoms with E-state index in [0.717, 1.165) is 63.4 Å². The van der Waals surface area contributed by atoms with Gasteiger partial charge in [-0.3, -0.25) is 9.80 Å². The normalized spacial score (nSPS) is 18.1. The molecule has 2 aromatic carbocycles. The van der Waals surface area contributed by atoms with Crippen LogP contribution in [0.25, 0.3) is 22.2 Å². The van der Waals surface area contributed by atoms with Gasteiger partial charge in [0.25, 0.3) is 0 Å². The Labute approximate surface area is 232 Å². The molecule has 41 heavy (non-hydrogen) atoms. The molecule has 3 aromatic rings. The maximum atomic E-state index is 13.6. The Hall–Kier alpha value is -3.22. The van der Waals surface area contributed by atoms with Crippen molar-refractivity contribution in [3.05, 3.63) is 64.7 Å². The van der Waals surface area contributed by atoms with E-state index in [9.17, 15) is 31.1 Å². The second-order valence-corrected chi connectivity index (χ2v) is 10.3. The number of nitrogens with zero attached hydrogens (tertiary/aromatic N) is 3. The molecule has 6 nitrogen and oxygen atoms in total. The summed E-state index contributed by atoms with van der Waals surface area (Å²) in [5.41, 5.74) is -1.54. The number of aromatic nitrogens is 1. The number of pyridine rings is 1. The van der Waals surface area contributed by atoms with Gasteiger partial charge < -0.3 is 9.47 Å². The van der Waals surface area contributed by atoms with Crippen molar-refractivity contribution in [2.24, 2.45) is 0 Å². The van der Waals surface area contributed by atoms with Gasteiger partial charge in [0.2, 0.25) is 0 Å². The van der Waals surface area contributed by atoms with Crippen LogP contribution in [0.1, 0.15) is 39.9 Å². The molecule has 0 atom stereocenters. The van der Waals surface area contributed by atoms with E-state index in [1.807, 2.05) is 0 Å². The first kappa shape index (κ1) is 29.3. The van der Waals surface area contributed by atoms with E-state index in [2.05, 4.69) is 14.8 Å². The van der Waals surface area contributed by atoms with Crippen LogP contribution >= 0.6 is 0 Å². The summed E-state index contributed by atoms with van der Waals surface area (Å²) in [7, 11) is 1.11. The zero-order valence-electron chi connectivity index (χ0n) is 22.3. The zero-order valence-corrected chi connectivity index (χ0v) is 22.3. The Balaban J connectivity index is 1.61. The van der Waals surface area contributed by atoms with Crippen molar-refractivity contribution >= 4 is 16.9 Å². The maximum Gasteiger partial charge on any atom is 0.416 e. The minimum Gasteiger partial charge on any atom is -0.465 e. The van der Waals surface area contributed by atoms with Gasteiger partial charge in [-0.1, -0.05) is 12.1 Å². The van der Waals surface area contributed by atoms with Gasteiger partial charge in [0.15, 0.2) is 0 Å². The van der Waals surface area contributed by atoms with Crippen LogP contribution in [0.2, 0.25) is 0 Å². The molecule has 0 saturated carbocycles. The molecular weight excluding hydrogens is 552 g/mol. The fourth-order valence-electron chi connectivity index (χ4n) is 5.66. The number of morpholine rings is 1. The molecule has 0 spiro atoms. The monoisotopic (exact) mass is 581 g/mol. The van der Waals surface area contributed by atoms with Gasteiger partial charge in [-0.25, -0.2) is 9.78 Å². The number of benzene rings is 2. The number of likely N-dealkylation sites (tertiary alicyclic amines) is 1. The van der Waals surface area contributed by atoms with Crippen LogP contribution in [0.15, 0.2) is 42.5 Å². The molecule has 1 aromatic heterocycles. The number of carbonyl (C=O) groups is 1. The molecular formula is C29H29F6N3O3. The lowest BCUT2D eigenvalue weighted by molar-refractivity contribution is -0.138. The fourth-order valence-corrected chi connectivity index (χ4v) is 5.66. The second kappa shape index (κ2) is 11.6. The summed E-state index contributed by atoms with van der Waals surface area (Å²) in [5.74, 6) is -0.886. The van der Waals surface area contributed by atoms with Gasteiger partial charge in [-0.05, 0) is 56.3 Å². The number of ether oxygens (including phenoxy) is 2. The van der Waals surface area contributed by atoms with Crippen molar-refractivity contribution in [2.75, 3.05) is 46.5 Å². The Kier molecular flexibility index (Phi) is 8.27. The van der Waals surface area contributed by atoms with Gasteiger partial charge in [-0.2, -0.15) is 26.3 Å². The zero-order chi connectivity index (χ0) is 29.4. The van der Waals surface area contributed by atoms with Gasteiger partial charge in [0.1, 0.15) is 0 Å². The summed E-state index contributed by atoms with van der Waals surface area (Å²) in [6, 6.07) is 7.71. The average molecular weight is 582 g/mol. The second-order valence-electron chi connectivity index (χ2n) is 10.3. The van der Waals surface area contributed by atoms with Crippen LogP contribution in [0.3, 0.4) is 0 Å². The molecule has 3 heterocycles. The highest BCUT2D eigenvalue weighted by Gasteiger charge is 2.34. The van der Waals surface area contributed by atoms with Gasteiger partial charge >= 0.3 is 18.3 Å². The lowest BCUT2D eigenvalue weighted by Gasteiger charge is -2.40. The molecule has 5 rings (SSSR count). The molecule has 0 amide bonds. The molecule has 0 aliphatic carbocycles. The lowest BCUT2D eigenvalue weighted by atomic mass is 9.93. The minimum atomic E-state index is -4.68. The van der Waals surface area contributed by atoms with Crippen LogP contribution in [0.5, 0.6) is 0 Å². The number of carbonyl (C=O) groups excluding carboxylic acids is 1. The molecule has 12 heteroatoms. The van der Waals surface area contributed by atoms with Crippen LogP contribution in [-0.2, 0) is 28.4 Å². The van der Waals surface area contributed by atoms with Gasteiger partial charge in [0, 0.05) is 42.2 Å². The third kappa shape index (κ3) is 6.34. The van der Waals surface area contributed by atoms with Crippen molar-refractivity contribution in [2.45, 2.75) is 37.8 Å². The average Bonchev–Trinajstić information content (AvgIpc) is 2.96. The van der Waals surface area contributed by atoms with Crippen LogP contribution in [-0.4, -0.2) is 73.3 Å². The first-order chi connectivity index (χ1) is 19.5. The standard InChI is InChI=1S/C29H29F6N3O3/c1-40-27(39)25-22-16-20(29(33,34)35)5-6-24(22)36-26(18-3-2-4-19(15-18)28(30,31)32)23(25)17-37-9-7-21(8-10-37)38-11-13-41-14-12-38/h2-6,15-16,21H,7-14,17H2,1H3. The Morgan fingerprint density at radius 1 is 0.951 bits per heavy atom. The molecule has 2 fully saturated rings. The molecule has 0 N–H and O–H groups in total. The highest BCUT2D eigenvalue weighted by Crippen LogP contribution is 2.38. The highest BCUT2D eigenvalue weighted by atomic mass is 19.4. The number of hydrogen-bond donors (Lipinski definition) is 0.